The van der Waals surface area contributed by atoms with E-state index in [9.17, 15) is 9.59 Å². The highest BCUT2D eigenvalue weighted by Crippen LogP contribution is 2.22. The van der Waals surface area contributed by atoms with Gasteiger partial charge in [-0.1, -0.05) is 60.7 Å². The van der Waals surface area contributed by atoms with Gasteiger partial charge in [-0.3, -0.25) is 9.59 Å². The molecular weight excluding hydrogens is 390 g/mol. The van der Waals surface area contributed by atoms with Crippen LogP contribution in [0.2, 0.25) is 0 Å². The monoisotopic (exact) mass is 409 g/mol. The third-order valence-corrected chi connectivity index (χ3v) is 5.17. The van der Waals surface area contributed by atoms with Gasteiger partial charge in [-0.05, 0) is 23.8 Å². The van der Waals surface area contributed by atoms with E-state index in [-0.39, 0.29) is 18.0 Å². The van der Waals surface area contributed by atoms with Gasteiger partial charge in [-0.2, -0.15) is 5.10 Å². The van der Waals surface area contributed by atoms with Crippen LogP contribution in [0.4, 0.5) is 0 Å². The molecule has 1 amide bonds. The molecule has 5 aromatic rings. The molecule has 1 atom stereocenters. The number of hydrogen-bond donors (Lipinski definition) is 2. The normalized spacial score (nSPS) is 12.1. The van der Waals surface area contributed by atoms with Gasteiger partial charge in [0.25, 0.3) is 5.56 Å². The molecule has 2 heterocycles. The quantitative estimate of drug-likeness (QED) is 0.466. The van der Waals surface area contributed by atoms with Gasteiger partial charge < -0.3 is 10.3 Å². The number of H-pyrrole nitrogens is 1. The molecule has 2 aromatic heterocycles. The first-order valence-electron chi connectivity index (χ1n) is 9.93. The van der Waals surface area contributed by atoms with Crippen LogP contribution < -0.4 is 10.9 Å². The summed E-state index contributed by atoms with van der Waals surface area (Å²) in [6, 6.07) is 24.0. The van der Waals surface area contributed by atoms with Crippen LogP contribution in [-0.4, -0.2) is 25.7 Å². The van der Waals surface area contributed by atoms with Gasteiger partial charge in [0.2, 0.25) is 5.91 Å². The summed E-state index contributed by atoms with van der Waals surface area (Å²) in [6.45, 7) is -0.187. The number of nitrogens with one attached hydrogen (secondary N) is 2. The molecule has 1 unspecified atom stereocenters. The average molecular weight is 409 g/mol. The molecule has 0 saturated carbocycles. The lowest BCUT2D eigenvalue weighted by molar-refractivity contribution is -0.122. The largest absolute Gasteiger partial charge is 0.340 e. The third kappa shape index (κ3) is 3.69. The first kappa shape index (κ1) is 18.7. The van der Waals surface area contributed by atoms with Crippen LogP contribution >= 0.6 is 0 Å². The highest BCUT2D eigenvalue weighted by molar-refractivity contribution is 5.81. The second kappa shape index (κ2) is 7.87. The highest BCUT2D eigenvalue weighted by atomic mass is 16.2. The predicted octanol–water partition coefficient (Wildman–Crippen LogP) is 3.18. The minimum atomic E-state index is -0.489. The number of para-hydroxylation sites is 2. The Hall–Kier alpha value is -4.26. The second-order valence-electron chi connectivity index (χ2n) is 7.25. The van der Waals surface area contributed by atoms with Crippen molar-refractivity contribution in [1.82, 2.24) is 25.1 Å². The molecule has 0 aliphatic heterocycles. The maximum atomic E-state index is 12.9. The van der Waals surface area contributed by atoms with Gasteiger partial charge in [0.1, 0.15) is 18.4 Å². The molecule has 3 aromatic carbocycles. The van der Waals surface area contributed by atoms with Crippen LogP contribution in [0.15, 0.2) is 89.9 Å². The Kier molecular flexibility index (Phi) is 4.76. The van der Waals surface area contributed by atoms with Gasteiger partial charge in [0.15, 0.2) is 0 Å². The lowest BCUT2D eigenvalue weighted by Crippen LogP contribution is -2.36. The fourth-order valence-corrected chi connectivity index (χ4v) is 3.65. The SMILES string of the molecule is O=C(Cn1ncc2ccccc2c1=O)NC(c1ccccc1)c1nc2ccccc2[nH]1. The topological polar surface area (TPSA) is 92.7 Å². The summed E-state index contributed by atoms with van der Waals surface area (Å²) in [5.41, 5.74) is 2.29. The molecule has 0 aliphatic rings. The molecule has 7 nitrogen and oxygen atoms in total. The molecule has 0 bridgehead atoms. The van der Waals surface area contributed by atoms with Gasteiger partial charge >= 0.3 is 0 Å². The van der Waals surface area contributed by atoms with E-state index in [1.54, 1.807) is 18.3 Å². The van der Waals surface area contributed by atoms with E-state index < -0.39 is 6.04 Å². The first-order valence-corrected chi connectivity index (χ1v) is 9.93. The molecule has 2 N–H and O–H groups in total. The maximum absolute atomic E-state index is 12.9. The number of carbonyl (C=O) groups excluding carboxylic acids is 1. The smallest absolute Gasteiger partial charge is 0.275 e. The fourth-order valence-electron chi connectivity index (χ4n) is 3.65. The number of aromatic nitrogens is 4. The van der Waals surface area contributed by atoms with E-state index in [4.69, 9.17) is 0 Å². The van der Waals surface area contributed by atoms with Crippen LogP contribution in [0, 0.1) is 0 Å². The summed E-state index contributed by atoms with van der Waals surface area (Å²) >= 11 is 0. The number of hydrogen-bond acceptors (Lipinski definition) is 4. The van der Waals surface area contributed by atoms with Crippen molar-refractivity contribution in [3.05, 3.63) is 107 Å². The maximum Gasteiger partial charge on any atom is 0.275 e. The summed E-state index contributed by atoms with van der Waals surface area (Å²) in [4.78, 5) is 33.6. The lowest BCUT2D eigenvalue weighted by atomic mass is 10.1. The summed E-state index contributed by atoms with van der Waals surface area (Å²) in [7, 11) is 0. The molecule has 0 saturated heterocycles. The zero-order chi connectivity index (χ0) is 21.2. The van der Waals surface area contributed by atoms with Crippen molar-refractivity contribution in [2.24, 2.45) is 0 Å². The lowest BCUT2D eigenvalue weighted by Gasteiger charge is -2.17. The molecule has 0 spiro atoms. The zero-order valence-corrected chi connectivity index (χ0v) is 16.5. The number of imidazole rings is 1. The highest BCUT2D eigenvalue weighted by Gasteiger charge is 2.21. The molecule has 0 aliphatic carbocycles. The van der Waals surface area contributed by atoms with Crippen LogP contribution in [0.1, 0.15) is 17.4 Å². The van der Waals surface area contributed by atoms with Crippen LogP contribution in [0.25, 0.3) is 21.8 Å². The van der Waals surface area contributed by atoms with E-state index in [0.29, 0.717) is 11.2 Å². The standard InChI is InChI=1S/C24H19N5O2/c30-21(15-29-24(31)18-11-5-4-10-17(18)14-25-29)28-22(16-8-2-1-3-9-16)23-26-19-12-6-7-13-20(19)27-23/h1-14,22H,15H2,(H,26,27)(H,28,30). The average Bonchev–Trinajstić information content (AvgIpc) is 3.24. The molecule has 5 rings (SSSR count). The summed E-state index contributed by atoms with van der Waals surface area (Å²) in [5, 5.41) is 8.43. The van der Waals surface area contributed by atoms with E-state index in [0.717, 1.165) is 22.0 Å². The second-order valence-corrected chi connectivity index (χ2v) is 7.25. The van der Waals surface area contributed by atoms with E-state index in [1.165, 1.54) is 4.68 Å². The van der Waals surface area contributed by atoms with Crippen molar-refractivity contribution in [3.63, 3.8) is 0 Å². The Balaban J connectivity index is 1.46. The van der Waals surface area contributed by atoms with Crippen molar-refractivity contribution in [3.8, 4) is 0 Å². The van der Waals surface area contributed by atoms with Gasteiger partial charge in [-0.15, -0.1) is 0 Å². The zero-order valence-electron chi connectivity index (χ0n) is 16.5. The Bertz CT molecular complexity index is 1410. The first-order chi connectivity index (χ1) is 15.2. The van der Waals surface area contributed by atoms with E-state index >= 15 is 0 Å². The van der Waals surface area contributed by atoms with Crippen LogP contribution in [0.3, 0.4) is 0 Å². The Morgan fingerprint density at radius 3 is 2.55 bits per heavy atom. The molecule has 0 fully saturated rings. The minimum Gasteiger partial charge on any atom is -0.340 e. The van der Waals surface area contributed by atoms with Gasteiger partial charge in [-0.25, -0.2) is 9.67 Å². The van der Waals surface area contributed by atoms with Crippen LogP contribution in [0.5, 0.6) is 0 Å². The number of aromatic amines is 1. The molecular formula is C24H19N5O2. The van der Waals surface area contributed by atoms with Gasteiger partial charge in [0.05, 0.1) is 22.6 Å². The number of carbonyl (C=O) groups is 1. The Morgan fingerprint density at radius 2 is 1.71 bits per heavy atom. The number of fused-ring (bicyclic) bond motifs is 2. The third-order valence-electron chi connectivity index (χ3n) is 5.17. The van der Waals surface area contributed by atoms with Crippen molar-refractivity contribution >= 4 is 27.7 Å². The fraction of sp³-hybridized carbons (Fsp3) is 0.0833. The van der Waals surface area contributed by atoms with Crippen molar-refractivity contribution in [2.45, 2.75) is 12.6 Å². The number of benzene rings is 3. The number of nitrogens with zero attached hydrogens (tertiary/aromatic N) is 3. The number of rotatable bonds is 5. The molecule has 0 radical (unpaired) electrons. The summed E-state index contributed by atoms with van der Waals surface area (Å²) in [5.74, 6) is 0.291. The van der Waals surface area contributed by atoms with Crippen molar-refractivity contribution < 1.29 is 4.79 Å². The van der Waals surface area contributed by atoms with Gasteiger partial charge in [0, 0.05) is 5.39 Å². The van der Waals surface area contributed by atoms with Crippen molar-refractivity contribution in [2.75, 3.05) is 0 Å². The molecule has 7 heteroatoms. The Morgan fingerprint density at radius 1 is 0.968 bits per heavy atom. The van der Waals surface area contributed by atoms with E-state index in [2.05, 4.69) is 20.4 Å². The molecule has 152 valence electrons. The van der Waals surface area contributed by atoms with E-state index in [1.807, 2.05) is 66.7 Å². The van der Waals surface area contributed by atoms with Crippen molar-refractivity contribution in [1.29, 1.82) is 0 Å². The molecule has 31 heavy (non-hydrogen) atoms. The minimum absolute atomic E-state index is 0.187. The predicted molar refractivity (Wildman–Crippen MR) is 119 cm³/mol. The Labute approximate surface area is 177 Å². The van der Waals surface area contributed by atoms with Crippen LogP contribution in [-0.2, 0) is 11.3 Å². The number of amides is 1. The summed E-state index contributed by atoms with van der Waals surface area (Å²) in [6.07, 6.45) is 1.60. The summed E-state index contributed by atoms with van der Waals surface area (Å²) < 4.78 is 1.18.